The van der Waals surface area contributed by atoms with Gasteiger partial charge in [-0.3, -0.25) is 9.59 Å². The van der Waals surface area contributed by atoms with Crippen molar-refractivity contribution >= 4 is 55.7 Å². The van der Waals surface area contributed by atoms with Gasteiger partial charge in [-0.1, -0.05) is 57.9 Å². The Kier molecular flexibility index (Phi) is 6.44. The number of amides is 1. The Labute approximate surface area is 210 Å². The molecule has 1 saturated heterocycles. The number of benzene rings is 3. The topological polar surface area (TPSA) is 65.2 Å². The van der Waals surface area contributed by atoms with E-state index in [1.807, 2.05) is 66.7 Å². The molecule has 3 aromatic carbocycles. The fraction of sp³-hybridized carbons (Fsp3) is 0.185. The van der Waals surface area contributed by atoms with Crippen molar-refractivity contribution in [3.05, 3.63) is 92.6 Å². The summed E-state index contributed by atoms with van der Waals surface area (Å²) in [6.07, 6.45) is 1.59. The third kappa shape index (κ3) is 4.61. The molecule has 1 atom stereocenters. The lowest BCUT2D eigenvalue weighted by Crippen LogP contribution is -2.43. The summed E-state index contributed by atoms with van der Waals surface area (Å²) in [5.74, 6) is -0.260. The lowest BCUT2D eigenvalue weighted by molar-refractivity contribution is -0.120. The monoisotopic (exact) mass is 535 g/mol. The van der Waals surface area contributed by atoms with Gasteiger partial charge >= 0.3 is 0 Å². The summed E-state index contributed by atoms with van der Waals surface area (Å²) >= 11 is 9.76. The molecule has 0 unspecified atom stereocenters. The number of hydrogen-bond donors (Lipinski definition) is 2. The second-order valence-corrected chi connectivity index (χ2v) is 9.87. The smallest absolute Gasteiger partial charge is 0.272 e. The number of fused-ring (bicyclic) bond motifs is 1. The number of piperidine rings is 1. The molecular formula is C27H23BrClN3O2. The minimum Gasteiger partial charge on any atom is -0.366 e. The molecule has 1 aliphatic rings. The van der Waals surface area contributed by atoms with Crippen molar-refractivity contribution in [3.63, 3.8) is 0 Å². The van der Waals surface area contributed by atoms with Gasteiger partial charge in [0, 0.05) is 44.7 Å². The van der Waals surface area contributed by atoms with E-state index >= 15 is 0 Å². The lowest BCUT2D eigenvalue weighted by Gasteiger charge is -2.34. The van der Waals surface area contributed by atoms with Crippen LogP contribution in [-0.2, 0) is 4.79 Å². The van der Waals surface area contributed by atoms with Crippen molar-refractivity contribution < 1.29 is 4.79 Å². The predicted octanol–water partition coefficient (Wildman–Crippen LogP) is 6.47. The number of nitrogens with one attached hydrogen (secondary N) is 2. The number of hydrogen-bond acceptors (Lipinski definition) is 3. The number of anilines is 2. The molecule has 7 heteroatoms. The highest BCUT2D eigenvalue weighted by Gasteiger charge is 2.29. The van der Waals surface area contributed by atoms with E-state index in [1.54, 1.807) is 6.07 Å². The van der Waals surface area contributed by atoms with E-state index in [-0.39, 0.29) is 17.4 Å². The molecule has 2 heterocycles. The summed E-state index contributed by atoms with van der Waals surface area (Å²) in [5, 5.41) is 4.51. The van der Waals surface area contributed by atoms with Crippen molar-refractivity contribution in [2.24, 2.45) is 5.92 Å². The van der Waals surface area contributed by atoms with Crippen LogP contribution < -0.4 is 15.8 Å². The van der Waals surface area contributed by atoms with Crippen LogP contribution in [0.3, 0.4) is 0 Å². The number of H-pyrrole nitrogens is 1. The Bertz CT molecular complexity index is 1400. The Morgan fingerprint density at radius 3 is 2.59 bits per heavy atom. The number of aromatic amines is 1. The number of pyridine rings is 1. The predicted molar refractivity (Wildman–Crippen MR) is 143 cm³/mol. The maximum Gasteiger partial charge on any atom is 0.272 e. The van der Waals surface area contributed by atoms with E-state index in [0.29, 0.717) is 23.8 Å². The van der Waals surface area contributed by atoms with Crippen LogP contribution >= 0.6 is 27.5 Å². The van der Waals surface area contributed by atoms with Crippen LogP contribution in [0, 0.1) is 5.92 Å². The summed E-state index contributed by atoms with van der Waals surface area (Å²) in [4.78, 5) is 31.5. The molecule has 172 valence electrons. The summed E-state index contributed by atoms with van der Waals surface area (Å²) in [6, 6.07) is 22.9. The third-order valence-corrected chi connectivity index (χ3v) is 7.00. The maximum absolute atomic E-state index is 13.4. The second kappa shape index (κ2) is 9.65. The lowest BCUT2D eigenvalue weighted by atomic mass is 9.93. The van der Waals surface area contributed by atoms with E-state index < -0.39 is 0 Å². The van der Waals surface area contributed by atoms with Gasteiger partial charge in [0.2, 0.25) is 5.91 Å². The van der Waals surface area contributed by atoms with Crippen molar-refractivity contribution in [3.8, 4) is 11.1 Å². The molecule has 34 heavy (non-hydrogen) atoms. The average molecular weight is 537 g/mol. The number of aromatic nitrogens is 1. The molecular weight excluding hydrogens is 514 g/mol. The van der Waals surface area contributed by atoms with Gasteiger partial charge < -0.3 is 15.2 Å². The third-order valence-electron chi connectivity index (χ3n) is 6.23. The van der Waals surface area contributed by atoms with Gasteiger partial charge in [-0.2, -0.15) is 0 Å². The molecule has 0 aliphatic carbocycles. The maximum atomic E-state index is 13.4. The van der Waals surface area contributed by atoms with Crippen LogP contribution in [0.15, 0.2) is 82.1 Å². The zero-order chi connectivity index (χ0) is 23.7. The molecule has 2 N–H and O–H groups in total. The molecule has 1 fully saturated rings. The van der Waals surface area contributed by atoms with Gasteiger partial charge in [0.05, 0.1) is 5.92 Å². The van der Waals surface area contributed by atoms with E-state index in [2.05, 4.69) is 31.1 Å². The number of rotatable bonds is 4. The van der Waals surface area contributed by atoms with Gasteiger partial charge in [0.15, 0.2) is 0 Å². The van der Waals surface area contributed by atoms with Crippen LogP contribution in [-0.4, -0.2) is 24.0 Å². The quantitative estimate of drug-likeness (QED) is 0.314. The Balaban J connectivity index is 1.53. The van der Waals surface area contributed by atoms with E-state index in [9.17, 15) is 9.59 Å². The molecule has 1 amide bonds. The Hall–Kier alpha value is -3.09. The van der Waals surface area contributed by atoms with Crippen LogP contribution in [0.25, 0.3) is 22.0 Å². The summed E-state index contributed by atoms with van der Waals surface area (Å²) in [7, 11) is 0. The molecule has 1 aliphatic heterocycles. The largest absolute Gasteiger partial charge is 0.366 e. The minimum atomic E-state index is -0.226. The van der Waals surface area contributed by atoms with Gasteiger partial charge in [-0.15, -0.1) is 0 Å². The second-order valence-electron chi connectivity index (χ2n) is 8.51. The Morgan fingerprint density at radius 2 is 1.82 bits per heavy atom. The van der Waals surface area contributed by atoms with Crippen molar-refractivity contribution in [2.45, 2.75) is 12.8 Å². The number of carbonyl (C=O) groups is 1. The van der Waals surface area contributed by atoms with Gasteiger partial charge in [0.25, 0.3) is 5.56 Å². The molecule has 0 radical (unpaired) electrons. The zero-order valence-electron chi connectivity index (χ0n) is 18.4. The van der Waals surface area contributed by atoms with Gasteiger partial charge in [-0.25, -0.2) is 0 Å². The first-order valence-corrected chi connectivity index (χ1v) is 12.4. The Morgan fingerprint density at radius 1 is 1.06 bits per heavy atom. The highest BCUT2D eigenvalue weighted by atomic mass is 79.9. The van der Waals surface area contributed by atoms with Crippen molar-refractivity contribution in [1.82, 2.24) is 4.98 Å². The molecule has 5 nitrogen and oxygen atoms in total. The standard InChI is InChI=1S/C27H23BrClN3O2/c28-19-8-11-21(12-9-19)30-26(33)18-7-4-14-32(16-18)25-24(17-5-2-1-3-6-17)22-15-20(29)10-13-23(22)31-27(25)34/h1-3,5-6,8-13,15,18H,4,7,14,16H2,(H,30,33)(H,31,34)/t18-/m0/s1. The average Bonchev–Trinajstić information content (AvgIpc) is 2.85. The fourth-order valence-electron chi connectivity index (χ4n) is 4.63. The van der Waals surface area contributed by atoms with Crippen LogP contribution in [0.2, 0.25) is 5.02 Å². The van der Waals surface area contributed by atoms with E-state index in [4.69, 9.17) is 11.6 Å². The van der Waals surface area contributed by atoms with Crippen LogP contribution in [0.5, 0.6) is 0 Å². The highest BCUT2D eigenvalue weighted by molar-refractivity contribution is 9.10. The first kappa shape index (κ1) is 22.7. The summed E-state index contributed by atoms with van der Waals surface area (Å²) in [6.45, 7) is 1.17. The molecule has 5 rings (SSSR count). The SMILES string of the molecule is O=C(Nc1ccc(Br)cc1)[C@H]1CCCN(c2c(-c3ccccc3)c3cc(Cl)ccc3[nH]c2=O)C1. The molecule has 0 spiro atoms. The van der Waals surface area contributed by atoms with E-state index in [1.165, 1.54) is 0 Å². The van der Waals surface area contributed by atoms with Crippen LogP contribution in [0.4, 0.5) is 11.4 Å². The molecule has 1 aromatic heterocycles. The summed E-state index contributed by atoms with van der Waals surface area (Å²) in [5.41, 5.74) is 3.70. The molecule has 4 aromatic rings. The minimum absolute atomic E-state index is 0.0338. The van der Waals surface area contributed by atoms with Gasteiger partial charge in [-0.05, 0) is 60.9 Å². The normalized spacial score (nSPS) is 15.9. The van der Waals surface area contributed by atoms with Crippen molar-refractivity contribution in [1.29, 1.82) is 0 Å². The first-order chi connectivity index (χ1) is 16.5. The van der Waals surface area contributed by atoms with Crippen LogP contribution in [0.1, 0.15) is 12.8 Å². The molecule has 0 bridgehead atoms. The number of nitrogens with zero attached hydrogens (tertiary/aromatic N) is 1. The molecule has 0 saturated carbocycles. The first-order valence-electron chi connectivity index (χ1n) is 11.2. The number of carbonyl (C=O) groups excluding carboxylic acids is 1. The fourth-order valence-corrected chi connectivity index (χ4v) is 5.06. The van der Waals surface area contributed by atoms with Crippen molar-refractivity contribution in [2.75, 3.05) is 23.3 Å². The van der Waals surface area contributed by atoms with Gasteiger partial charge in [0.1, 0.15) is 5.69 Å². The van der Waals surface area contributed by atoms with E-state index in [0.717, 1.165) is 45.0 Å². The zero-order valence-corrected chi connectivity index (χ0v) is 20.7. The highest BCUT2D eigenvalue weighted by Crippen LogP contribution is 2.37. The number of halogens is 2. The summed E-state index contributed by atoms with van der Waals surface area (Å²) < 4.78 is 0.957.